The monoisotopic (exact) mass is 311 g/mol. The first-order valence-electron chi connectivity index (χ1n) is 6.03. The van der Waals surface area contributed by atoms with Crippen molar-refractivity contribution in [3.8, 4) is 0 Å². The fourth-order valence-electron chi connectivity index (χ4n) is 2.09. The lowest BCUT2D eigenvalue weighted by atomic mass is 10.2. The van der Waals surface area contributed by atoms with Gasteiger partial charge in [0.25, 0.3) is 0 Å². The molecule has 1 aromatic carbocycles. The first-order chi connectivity index (χ1) is 8.58. The van der Waals surface area contributed by atoms with Gasteiger partial charge >= 0.3 is 0 Å². The molecule has 1 saturated heterocycles. The molecule has 1 aliphatic heterocycles. The first kappa shape index (κ1) is 13.5. The van der Waals surface area contributed by atoms with Crippen LogP contribution in [0.2, 0.25) is 0 Å². The highest BCUT2D eigenvalue weighted by Crippen LogP contribution is 2.18. The van der Waals surface area contributed by atoms with Gasteiger partial charge in [0, 0.05) is 36.8 Å². The van der Waals surface area contributed by atoms with Crippen molar-refractivity contribution in [2.75, 3.05) is 38.6 Å². The molecule has 1 aliphatic rings. The fraction of sp³-hybridized carbons (Fsp3) is 0.462. The SMILES string of the molecule is CN1CCNC(C(=O)N(C)c2ccc(Br)cc2)C1. The van der Waals surface area contributed by atoms with E-state index in [1.165, 1.54) is 0 Å². The summed E-state index contributed by atoms with van der Waals surface area (Å²) in [5.41, 5.74) is 0.915. The molecule has 0 aromatic heterocycles. The van der Waals surface area contributed by atoms with Gasteiger partial charge in [-0.05, 0) is 31.3 Å². The Balaban J connectivity index is 2.06. The van der Waals surface area contributed by atoms with Crippen LogP contribution in [0, 0.1) is 0 Å². The van der Waals surface area contributed by atoms with E-state index in [2.05, 4.69) is 26.1 Å². The maximum absolute atomic E-state index is 12.4. The number of hydrogen-bond donors (Lipinski definition) is 1. The van der Waals surface area contributed by atoms with Gasteiger partial charge in [-0.1, -0.05) is 15.9 Å². The van der Waals surface area contributed by atoms with E-state index in [0.29, 0.717) is 0 Å². The van der Waals surface area contributed by atoms with Crippen molar-refractivity contribution >= 4 is 27.5 Å². The lowest BCUT2D eigenvalue weighted by molar-refractivity contribution is -0.121. The van der Waals surface area contributed by atoms with E-state index >= 15 is 0 Å². The summed E-state index contributed by atoms with van der Waals surface area (Å²) >= 11 is 3.39. The molecule has 1 unspecified atom stereocenters. The molecule has 0 aliphatic carbocycles. The molecule has 0 spiro atoms. The minimum Gasteiger partial charge on any atom is -0.314 e. The van der Waals surface area contributed by atoms with Crippen LogP contribution in [-0.4, -0.2) is 50.6 Å². The summed E-state index contributed by atoms with van der Waals surface area (Å²) < 4.78 is 1.02. The molecule has 0 saturated carbocycles. The average Bonchev–Trinajstić information content (AvgIpc) is 2.38. The largest absolute Gasteiger partial charge is 0.314 e. The fourth-order valence-corrected chi connectivity index (χ4v) is 2.35. The van der Waals surface area contributed by atoms with Crippen LogP contribution in [0.4, 0.5) is 5.69 Å². The Morgan fingerprint density at radius 2 is 2.11 bits per heavy atom. The normalized spacial score (nSPS) is 20.7. The van der Waals surface area contributed by atoms with Crippen LogP contribution in [0.5, 0.6) is 0 Å². The highest BCUT2D eigenvalue weighted by molar-refractivity contribution is 9.10. The Bertz CT molecular complexity index is 421. The zero-order valence-electron chi connectivity index (χ0n) is 10.7. The van der Waals surface area contributed by atoms with Crippen molar-refractivity contribution in [3.63, 3.8) is 0 Å². The van der Waals surface area contributed by atoms with Crippen LogP contribution >= 0.6 is 15.9 Å². The zero-order valence-corrected chi connectivity index (χ0v) is 12.3. The van der Waals surface area contributed by atoms with E-state index in [9.17, 15) is 4.79 Å². The third kappa shape index (κ3) is 3.10. The molecule has 0 radical (unpaired) electrons. The molecular weight excluding hydrogens is 294 g/mol. The van der Waals surface area contributed by atoms with Gasteiger partial charge in [0.2, 0.25) is 5.91 Å². The lowest BCUT2D eigenvalue weighted by Crippen LogP contribution is -2.56. The van der Waals surface area contributed by atoms with E-state index in [1.54, 1.807) is 4.90 Å². The molecule has 1 atom stereocenters. The number of halogens is 1. The van der Waals surface area contributed by atoms with Crippen molar-refractivity contribution in [1.82, 2.24) is 10.2 Å². The third-order valence-corrected chi connectivity index (χ3v) is 3.75. The van der Waals surface area contributed by atoms with Crippen LogP contribution < -0.4 is 10.2 Å². The average molecular weight is 312 g/mol. The van der Waals surface area contributed by atoms with Crippen molar-refractivity contribution < 1.29 is 4.79 Å². The Morgan fingerprint density at radius 1 is 1.44 bits per heavy atom. The number of rotatable bonds is 2. The maximum Gasteiger partial charge on any atom is 0.245 e. The predicted molar refractivity (Wildman–Crippen MR) is 76.8 cm³/mol. The highest BCUT2D eigenvalue weighted by atomic mass is 79.9. The number of amides is 1. The van der Waals surface area contributed by atoms with Crippen molar-refractivity contribution in [2.45, 2.75) is 6.04 Å². The quantitative estimate of drug-likeness (QED) is 0.894. The summed E-state index contributed by atoms with van der Waals surface area (Å²) in [5.74, 6) is 0.115. The second kappa shape index (κ2) is 5.82. The molecule has 1 amide bonds. The molecule has 1 heterocycles. The van der Waals surface area contributed by atoms with Gasteiger partial charge in [0.05, 0.1) is 0 Å². The van der Waals surface area contributed by atoms with Crippen LogP contribution in [0.1, 0.15) is 0 Å². The zero-order chi connectivity index (χ0) is 13.1. The number of nitrogens with one attached hydrogen (secondary N) is 1. The molecule has 1 N–H and O–H groups in total. The van der Waals surface area contributed by atoms with Crippen molar-refractivity contribution in [2.24, 2.45) is 0 Å². The Kier molecular flexibility index (Phi) is 4.37. The molecule has 4 nitrogen and oxygen atoms in total. The van der Waals surface area contributed by atoms with Gasteiger partial charge in [-0.2, -0.15) is 0 Å². The van der Waals surface area contributed by atoms with Gasteiger partial charge in [-0.15, -0.1) is 0 Å². The Labute approximate surface area is 116 Å². The second-order valence-corrected chi connectivity index (χ2v) is 5.56. The van der Waals surface area contributed by atoms with Crippen LogP contribution in [0.25, 0.3) is 0 Å². The number of likely N-dealkylation sites (N-methyl/N-ethyl adjacent to an activating group) is 2. The smallest absolute Gasteiger partial charge is 0.245 e. The summed E-state index contributed by atoms with van der Waals surface area (Å²) in [6.07, 6.45) is 0. The van der Waals surface area contributed by atoms with Crippen molar-refractivity contribution in [1.29, 1.82) is 0 Å². The van der Waals surface area contributed by atoms with Gasteiger partial charge in [0.15, 0.2) is 0 Å². The van der Waals surface area contributed by atoms with Gasteiger partial charge < -0.3 is 15.1 Å². The summed E-state index contributed by atoms with van der Waals surface area (Å²) in [6, 6.07) is 7.65. The first-order valence-corrected chi connectivity index (χ1v) is 6.82. The van der Waals surface area contributed by atoms with Gasteiger partial charge in [-0.25, -0.2) is 0 Å². The number of carbonyl (C=O) groups excluding carboxylic acids is 1. The summed E-state index contributed by atoms with van der Waals surface area (Å²) in [5, 5.41) is 3.27. The van der Waals surface area contributed by atoms with E-state index in [4.69, 9.17) is 0 Å². The Hall–Kier alpha value is -0.910. The minimum atomic E-state index is -0.114. The predicted octanol–water partition coefficient (Wildman–Crippen LogP) is 1.32. The van der Waals surface area contributed by atoms with E-state index in [1.807, 2.05) is 38.4 Å². The maximum atomic E-state index is 12.4. The molecular formula is C13H18BrN3O. The number of anilines is 1. The summed E-state index contributed by atoms with van der Waals surface area (Å²) in [4.78, 5) is 16.2. The molecule has 1 aromatic rings. The molecule has 2 rings (SSSR count). The van der Waals surface area contributed by atoms with E-state index in [0.717, 1.165) is 29.8 Å². The van der Waals surface area contributed by atoms with Gasteiger partial charge in [0.1, 0.15) is 6.04 Å². The number of piperazine rings is 1. The van der Waals surface area contributed by atoms with E-state index < -0.39 is 0 Å². The van der Waals surface area contributed by atoms with Gasteiger partial charge in [-0.3, -0.25) is 4.79 Å². The number of carbonyl (C=O) groups is 1. The number of hydrogen-bond acceptors (Lipinski definition) is 3. The van der Waals surface area contributed by atoms with Crippen LogP contribution in [0.15, 0.2) is 28.7 Å². The second-order valence-electron chi connectivity index (χ2n) is 4.64. The van der Waals surface area contributed by atoms with Crippen molar-refractivity contribution in [3.05, 3.63) is 28.7 Å². The van der Waals surface area contributed by atoms with E-state index in [-0.39, 0.29) is 11.9 Å². The molecule has 18 heavy (non-hydrogen) atoms. The molecule has 0 bridgehead atoms. The molecule has 98 valence electrons. The number of benzene rings is 1. The van der Waals surface area contributed by atoms with Crippen LogP contribution in [-0.2, 0) is 4.79 Å². The summed E-state index contributed by atoms with van der Waals surface area (Å²) in [7, 11) is 3.86. The molecule has 1 fully saturated rings. The Morgan fingerprint density at radius 3 is 2.72 bits per heavy atom. The highest BCUT2D eigenvalue weighted by Gasteiger charge is 2.26. The molecule has 5 heteroatoms. The summed E-state index contributed by atoms with van der Waals surface area (Å²) in [6.45, 7) is 2.62. The third-order valence-electron chi connectivity index (χ3n) is 3.22. The standard InChI is InChI=1S/C13H18BrN3O/c1-16-8-7-15-12(9-16)13(18)17(2)11-5-3-10(14)4-6-11/h3-6,12,15H,7-9H2,1-2H3. The topological polar surface area (TPSA) is 35.6 Å². The minimum absolute atomic E-state index is 0.114. The lowest BCUT2D eigenvalue weighted by Gasteiger charge is -2.32. The van der Waals surface area contributed by atoms with Crippen LogP contribution in [0.3, 0.4) is 0 Å². The number of nitrogens with zero attached hydrogens (tertiary/aromatic N) is 2.